The predicted molar refractivity (Wildman–Crippen MR) is 93.8 cm³/mol. The van der Waals surface area contributed by atoms with Gasteiger partial charge in [-0.15, -0.1) is 0 Å². The number of nitrogens with one attached hydrogen (secondary N) is 1. The minimum absolute atomic E-state index is 0.194. The van der Waals surface area contributed by atoms with Gasteiger partial charge in [0.2, 0.25) is 5.91 Å². The fourth-order valence-electron chi connectivity index (χ4n) is 2.08. The monoisotopic (exact) mass is 367 g/mol. The van der Waals surface area contributed by atoms with E-state index in [0.717, 1.165) is 11.3 Å². The zero-order valence-corrected chi connectivity index (χ0v) is 14.7. The minimum atomic E-state index is -3.54. The van der Waals surface area contributed by atoms with Crippen LogP contribution in [0.15, 0.2) is 48.5 Å². The average molecular weight is 368 g/mol. The van der Waals surface area contributed by atoms with Crippen LogP contribution in [0.2, 0.25) is 5.02 Å². The normalized spacial score (nSPS) is 11.1. The van der Waals surface area contributed by atoms with Crippen molar-refractivity contribution in [1.82, 2.24) is 5.32 Å². The number of halogens is 1. The number of carbonyl (C=O) groups is 1. The molecule has 0 saturated heterocycles. The standard InChI is InChI=1S/C17H18ClNO4S/c1-23-16-8-4-13(5-9-16)10-19-17(20)12-24(21,22)11-14-2-6-15(18)7-3-14/h2-9H,10-12H2,1H3,(H,19,20). The molecule has 1 N–H and O–H groups in total. The van der Waals surface area contributed by atoms with Crippen molar-refractivity contribution in [2.75, 3.05) is 12.9 Å². The maximum absolute atomic E-state index is 12.1. The third kappa shape index (κ3) is 5.86. The van der Waals surface area contributed by atoms with Crippen LogP contribution in [0.3, 0.4) is 0 Å². The molecule has 0 saturated carbocycles. The van der Waals surface area contributed by atoms with Gasteiger partial charge in [-0.05, 0) is 35.4 Å². The highest BCUT2D eigenvalue weighted by Gasteiger charge is 2.17. The van der Waals surface area contributed by atoms with Gasteiger partial charge in [0.1, 0.15) is 11.5 Å². The number of rotatable bonds is 7. The molecule has 0 unspecified atom stereocenters. The molecule has 0 aromatic heterocycles. The number of hydrogen-bond acceptors (Lipinski definition) is 4. The molecule has 7 heteroatoms. The quantitative estimate of drug-likeness (QED) is 0.816. The summed E-state index contributed by atoms with van der Waals surface area (Å²) in [5, 5.41) is 3.14. The van der Waals surface area contributed by atoms with Gasteiger partial charge in [0, 0.05) is 11.6 Å². The summed E-state index contributed by atoms with van der Waals surface area (Å²) in [7, 11) is -1.97. The van der Waals surface area contributed by atoms with Crippen molar-refractivity contribution >= 4 is 27.3 Å². The lowest BCUT2D eigenvalue weighted by Gasteiger charge is -2.07. The van der Waals surface area contributed by atoms with E-state index in [4.69, 9.17) is 16.3 Å². The van der Waals surface area contributed by atoms with Crippen molar-refractivity contribution in [2.24, 2.45) is 0 Å². The molecule has 0 aliphatic heterocycles. The second-order valence-electron chi connectivity index (χ2n) is 5.28. The number of benzene rings is 2. The second-order valence-corrected chi connectivity index (χ2v) is 7.78. The Morgan fingerprint density at radius 1 is 1.04 bits per heavy atom. The van der Waals surface area contributed by atoms with Gasteiger partial charge in [-0.2, -0.15) is 0 Å². The number of hydrogen-bond donors (Lipinski definition) is 1. The van der Waals surface area contributed by atoms with E-state index in [0.29, 0.717) is 10.6 Å². The molecule has 0 fully saturated rings. The fourth-order valence-corrected chi connectivity index (χ4v) is 3.51. The molecule has 128 valence electrons. The molecule has 0 atom stereocenters. The molecule has 0 radical (unpaired) electrons. The van der Waals surface area contributed by atoms with E-state index in [1.807, 2.05) is 0 Å². The van der Waals surface area contributed by atoms with Gasteiger partial charge in [-0.3, -0.25) is 4.79 Å². The zero-order chi connectivity index (χ0) is 17.6. The highest BCUT2D eigenvalue weighted by Crippen LogP contribution is 2.13. The van der Waals surface area contributed by atoms with Crippen molar-refractivity contribution in [3.05, 3.63) is 64.7 Å². The molecule has 0 aliphatic carbocycles. The van der Waals surface area contributed by atoms with E-state index in [1.165, 1.54) is 0 Å². The van der Waals surface area contributed by atoms with Crippen molar-refractivity contribution in [2.45, 2.75) is 12.3 Å². The Hall–Kier alpha value is -2.05. The lowest BCUT2D eigenvalue weighted by Crippen LogP contribution is -2.30. The maximum Gasteiger partial charge on any atom is 0.235 e. The molecule has 0 bridgehead atoms. The summed E-state index contributed by atoms with van der Waals surface area (Å²) < 4.78 is 29.2. The van der Waals surface area contributed by atoms with Crippen molar-refractivity contribution in [1.29, 1.82) is 0 Å². The maximum atomic E-state index is 12.1. The van der Waals surface area contributed by atoms with E-state index < -0.39 is 21.5 Å². The molecule has 2 aromatic carbocycles. The summed E-state index contributed by atoms with van der Waals surface area (Å²) in [6, 6.07) is 13.7. The van der Waals surface area contributed by atoms with E-state index in [9.17, 15) is 13.2 Å². The molecular weight excluding hydrogens is 350 g/mol. The van der Waals surface area contributed by atoms with E-state index in [2.05, 4.69) is 5.32 Å². The van der Waals surface area contributed by atoms with Crippen LogP contribution >= 0.6 is 11.6 Å². The molecule has 0 spiro atoms. The summed E-state index contributed by atoms with van der Waals surface area (Å²) in [5.74, 6) is -0.554. The van der Waals surface area contributed by atoms with Crippen LogP contribution in [0.1, 0.15) is 11.1 Å². The average Bonchev–Trinajstić information content (AvgIpc) is 2.55. The van der Waals surface area contributed by atoms with Gasteiger partial charge < -0.3 is 10.1 Å². The minimum Gasteiger partial charge on any atom is -0.497 e. The summed E-state index contributed by atoms with van der Waals surface area (Å²) in [4.78, 5) is 11.9. The van der Waals surface area contributed by atoms with Gasteiger partial charge in [0.15, 0.2) is 9.84 Å². The zero-order valence-electron chi connectivity index (χ0n) is 13.2. The van der Waals surface area contributed by atoms with Gasteiger partial charge in [-0.25, -0.2) is 8.42 Å². The summed E-state index contributed by atoms with van der Waals surface area (Å²) in [6.07, 6.45) is 0. The SMILES string of the molecule is COc1ccc(CNC(=O)CS(=O)(=O)Cc2ccc(Cl)cc2)cc1. The van der Waals surface area contributed by atoms with Crippen LogP contribution in [0.25, 0.3) is 0 Å². The van der Waals surface area contributed by atoms with E-state index in [1.54, 1.807) is 55.6 Å². The molecule has 2 aromatic rings. The van der Waals surface area contributed by atoms with Gasteiger partial charge in [0.05, 0.1) is 12.9 Å². The van der Waals surface area contributed by atoms with Crippen LogP contribution in [-0.2, 0) is 26.9 Å². The topological polar surface area (TPSA) is 72.5 Å². The van der Waals surface area contributed by atoms with Crippen LogP contribution in [-0.4, -0.2) is 27.2 Å². The molecular formula is C17H18ClNO4S. The first kappa shape index (κ1) is 18.3. The Bertz CT molecular complexity index is 786. The first-order valence-electron chi connectivity index (χ1n) is 7.22. The Morgan fingerprint density at radius 2 is 1.62 bits per heavy atom. The Labute approximate surface area is 146 Å². The molecule has 5 nitrogen and oxygen atoms in total. The number of amides is 1. The molecule has 2 rings (SSSR count). The van der Waals surface area contributed by atoms with Crippen LogP contribution < -0.4 is 10.1 Å². The third-order valence-electron chi connectivity index (χ3n) is 3.30. The first-order chi connectivity index (χ1) is 11.4. The van der Waals surface area contributed by atoms with Crippen LogP contribution in [0.5, 0.6) is 5.75 Å². The summed E-state index contributed by atoms with van der Waals surface area (Å²) in [5.41, 5.74) is 1.46. The number of methoxy groups -OCH3 is 1. The molecule has 0 aliphatic rings. The Morgan fingerprint density at radius 3 is 2.21 bits per heavy atom. The predicted octanol–water partition coefficient (Wildman–Crippen LogP) is 2.58. The van der Waals surface area contributed by atoms with Crippen molar-refractivity contribution in [3.63, 3.8) is 0 Å². The first-order valence-corrected chi connectivity index (χ1v) is 9.42. The van der Waals surface area contributed by atoms with Crippen LogP contribution in [0, 0.1) is 0 Å². The number of carbonyl (C=O) groups excluding carboxylic acids is 1. The largest absolute Gasteiger partial charge is 0.497 e. The second kappa shape index (κ2) is 8.17. The van der Waals surface area contributed by atoms with Gasteiger partial charge in [0.25, 0.3) is 0 Å². The van der Waals surface area contributed by atoms with Crippen molar-refractivity contribution < 1.29 is 17.9 Å². The highest BCUT2D eigenvalue weighted by atomic mass is 35.5. The Kier molecular flexibility index (Phi) is 6.23. The highest BCUT2D eigenvalue weighted by molar-refractivity contribution is 7.91. The fraction of sp³-hybridized carbons (Fsp3) is 0.235. The molecule has 1 amide bonds. The van der Waals surface area contributed by atoms with Gasteiger partial charge >= 0.3 is 0 Å². The number of sulfone groups is 1. The summed E-state index contributed by atoms with van der Waals surface area (Å²) in [6.45, 7) is 0.263. The number of ether oxygens (including phenoxy) is 1. The van der Waals surface area contributed by atoms with Crippen LogP contribution in [0.4, 0.5) is 0 Å². The van der Waals surface area contributed by atoms with E-state index in [-0.39, 0.29) is 12.3 Å². The third-order valence-corrected chi connectivity index (χ3v) is 5.03. The molecule has 24 heavy (non-hydrogen) atoms. The van der Waals surface area contributed by atoms with E-state index >= 15 is 0 Å². The summed E-state index contributed by atoms with van der Waals surface area (Å²) >= 11 is 5.76. The smallest absolute Gasteiger partial charge is 0.235 e. The van der Waals surface area contributed by atoms with Gasteiger partial charge in [-0.1, -0.05) is 35.9 Å². The lowest BCUT2D eigenvalue weighted by molar-refractivity contribution is -0.118. The molecule has 0 heterocycles. The Balaban J connectivity index is 1.86. The lowest BCUT2D eigenvalue weighted by atomic mass is 10.2. The van der Waals surface area contributed by atoms with Crippen molar-refractivity contribution in [3.8, 4) is 5.75 Å².